The van der Waals surface area contributed by atoms with Crippen LogP contribution in [0.1, 0.15) is 5.69 Å². The molecule has 1 aromatic carbocycles. The van der Waals surface area contributed by atoms with E-state index in [1.54, 1.807) is 30.8 Å². The summed E-state index contributed by atoms with van der Waals surface area (Å²) in [6.45, 7) is 0. The van der Waals surface area contributed by atoms with Crippen molar-refractivity contribution in [3.63, 3.8) is 0 Å². The Labute approximate surface area is 158 Å². The summed E-state index contributed by atoms with van der Waals surface area (Å²) in [7, 11) is 1.67. The Morgan fingerprint density at radius 2 is 1.96 bits per heavy atom. The Kier molecular flexibility index (Phi) is 4.94. The number of methoxy groups -OCH3 is 1. The zero-order valence-corrected chi connectivity index (χ0v) is 15.5. The van der Waals surface area contributed by atoms with Gasteiger partial charge in [-0.2, -0.15) is 0 Å². The van der Waals surface area contributed by atoms with E-state index in [1.807, 2.05) is 41.8 Å². The molecule has 3 aromatic heterocycles. The van der Waals surface area contributed by atoms with Crippen LogP contribution in [0.5, 0.6) is 5.75 Å². The van der Waals surface area contributed by atoms with E-state index in [9.17, 15) is 0 Å². The lowest BCUT2D eigenvalue weighted by atomic mass is 10.2. The third-order valence-corrected chi connectivity index (χ3v) is 5.34. The van der Waals surface area contributed by atoms with Gasteiger partial charge < -0.3 is 9.15 Å². The highest BCUT2D eigenvalue weighted by atomic mass is 32.2. The first-order valence-corrected chi connectivity index (χ1v) is 9.64. The molecule has 8 heteroatoms. The molecule has 4 rings (SSSR count). The summed E-state index contributed by atoms with van der Waals surface area (Å²) in [4.78, 5) is 8.67. The van der Waals surface area contributed by atoms with E-state index < -0.39 is 0 Å². The van der Waals surface area contributed by atoms with Crippen molar-refractivity contribution in [1.82, 2.24) is 20.2 Å². The number of aromatic nitrogens is 4. The summed E-state index contributed by atoms with van der Waals surface area (Å²) < 4.78 is 11.1. The number of benzene rings is 1. The fraction of sp³-hybridized carbons (Fsp3) is 0.111. The average Bonchev–Trinajstić information content (AvgIpc) is 3.36. The molecule has 0 spiro atoms. The van der Waals surface area contributed by atoms with Crippen LogP contribution in [0, 0.1) is 0 Å². The molecule has 26 heavy (non-hydrogen) atoms. The molecular formula is C18H14N4O2S2. The van der Waals surface area contributed by atoms with Crippen molar-refractivity contribution in [1.29, 1.82) is 0 Å². The Hall–Kier alpha value is -2.71. The normalized spacial score (nSPS) is 10.8. The van der Waals surface area contributed by atoms with Gasteiger partial charge in [0, 0.05) is 29.1 Å². The van der Waals surface area contributed by atoms with Crippen LogP contribution in [0.4, 0.5) is 0 Å². The van der Waals surface area contributed by atoms with Gasteiger partial charge in [0.2, 0.25) is 5.89 Å². The smallest absolute Gasteiger partial charge is 0.277 e. The lowest BCUT2D eigenvalue weighted by molar-refractivity contribution is 0.416. The van der Waals surface area contributed by atoms with Crippen molar-refractivity contribution in [2.24, 2.45) is 0 Å². The third-order valence-electron chi connectivity index (χ3n) is 3.57. The van der Waals surface area contributed by atoms with Crippen LogP contribution < -0.4 is 4.74 Å². The topological polar surface area (TPSA) is 73.9 Å². The molecule has 0 aliphatic heterocycles. The van der Waals surface area contributed by atoms with E-state index in [0.29, 0.717) is 16.9 Å². The highest BCUT2D eigenvalue weighted by molar-refractivity contribution is 7.98. The second-order valence-corrected chi connectivity index (χ2v) is 7.03. The van der Waals surface area contributed by atoms with Crippen LogP contribution in [-0.4, -0.2) is 27.3 Å². The molecule has 0 atom stereocenters. The minimum absolute atomic E-state index is 0.489. The molecule has 0 saturated heterocycles. The zero-order chi connectivity index (χ0) is 17.8. The third kappa shape index (κ3) is 3.61. The molecule has 3 heterocycles. The van der Waals surface area contributed by atoms with E-state index in [-0.39, 0.29) is 0 Å². The number of pyridine rings is 1. The number of nitrogens with zero attached hydrogens (tertiary/aromatic N) is 4. The number of hydrogen-bond donors (Lipinski definition) is 0. The van der Waals surface area contributed by atoms with E-state index in [4.69, 9.17) is 9.15 Å². The number of para-hydroxylation sites is 1. The van der Waals surface area contributed by atoms with Gasteiger partial charge in [-0.15, -0.1) is 21.5 Å². The van der Waals surface area contributed by atoms with Crippen molar-refractivity contribution < 1.29 is 9.15 Å². The molecule has 130 valence electrons. The average molecular weight is 382 g/mol. The molecule has 0 aliphatic rings. The standard InChI is InChI=1S/C18H14N4O2S2/c1-23-15-5-3-2-4-14(15)17-20-13(10-25-17)11-26-18-22-21-16(24-18)12-6-8-19-9-7-12/h2-10H,11H2,1H3. The number of rotatable bonds is 6. The lowest BCUT2D eigenvalue weighted by Gasteiger charge is -2.04. The fourth-order valence-electron chi connectivity index (χ4n) is 2.33. The van der Waals surface area contributed by atoms with Gasteiger partial charge in [-0.1, -0.05) is 23.9 Å². The Bertz CT molecular complexity index is 1000. The van der Waals surface area contributed by atoms with E-state index in [2.05, 4.69) is 20.2 Å². The predicted molar refractivity (Wildman–Crippen MR) is 101 cm³/mol. The SMILES string of the molecule is COc1ccccc1-c1nc(CSc2nnc(-c3ccncc3)o2)cs1. The van der Waals surface area contributed by atoms with E-state index in [0.717, 1.165) is 27.6 Å². The molecular weight excluding hydrogens is 368 g/mol. The van der Waals surface area contributed by atoms with Gasteiger partial charge in [-0.3, -0.25) is 4.98 Å². The molecule has 0 fully saturated rings. The molecule has 0 bridgehead atoms. The van der Waals surface area contributed by atoms with Crippen LogP contribution in [0.25, 0.3) is 22.0 Å². The second kappa shape index (κ2) is 7.67. The van der Waals surface area contributed by atoms with Crippen LogP contribution in [0.15, 0.2) is 63.8 Å². The van der Waals surface area contributed by atoms with E-state index >= 15 is 0 Å². The molecule has 0 aliphatic carbocycles. The molecule has 6 nitrogen and oxygen atoms in total. The number of hydrogen-bond acceptors (Lipinski definition) is 8. The highest BCUT2D eigenvalue weighted by Gasteiger charge is 2.12. The van der Waals surface area contributed by atoms with Crippen molar-refractivity contribution >= 4 is 23.1 Å². The molecule has 0 saturated carbocycles. The van der Waals surface area contributed by atoms with Crippen molar-refractivity contribution in [2.75, 3.05) is 7.11 Å². The minimum atomic E-state index is 0.489. The van der Waals surface area contributed by atoms with Crippen LogP contribution >= 0.6 is 23.1 Å². The summed E-state index contributed by atoms with van der Waals surface area (Å²) in [6.07, 6.45) is 3.39. The van der Waals surface area contributed by atoms with Crippen molar-refractivity contribution in [3.8, 4) is 27.8 Å². The number of thiazole rings is 1. The summed E-state index contributed by atoms with van der Waals surface area (Å²) in [5, 5.41) is 11.6. The summed E-state index contributed by atoms with van der Waals surface area (Å²) in [5.74, 6) is 1.96. The van der Waals surface area contributed by atoms with Crippen molar-refractivity contribution in [3.05, 3.63) is 59.9 Å². The zero-order valence-electron chi connectivity index (χ0n) is 13.8. The molecule has 0 amide bonds. The van der Waals surface area contributed by atoms with Gasteiger partial charge in [-0.05, 0) is 24.3 Å². The van der Waals surface area contributed by atoms with Crippen LogP contribution in [-0.2, 0) is 5.75 Å². The first-order chi connectivity index (χ1) is 12.8. The molecule has 0 radical (unpaired) electrons. The Balaban J connectivity index is 1.45. The Morgan fingerprint density at radius 1 is 1.12 bits per heavy atom. The number of ether oxygens (including phenoxy) is 1. The largest absolute Gasteiger partial charge is 0.496 e. The van der Waals surface area contributed by atoms with E-state index in [1.165, 1.54) is 11.8 Å². The monoisotopic (exact) mass is 382 g/mol. The van der Waals surface area contributed by atoms with Gasteiger partial charge in [0.1, 0.15) is 10.8 Å². The van der Waals surface area contributed by atoms with Crippen molar-refractivity contribution in [2.45, 2.75) is 11.0 Å². The quantitative estimate of drug-likeness (QED) is 0.453. The van der Waals surface area contributed by atoms with Crippen LogP contribution in [0.2, 0.25) is 0 Å². The maximum absolute atomic E-state index is 5.69. The lowest BCUT2D eigenvalue weighted by Crippen LogP contribution is -1.87. The minimum Gasteiger partial charge on any atom is -0.496 e. The highest BCUT2D eigenvalue weighted by Crippen LogP contribution is 2.33. The summed E-state index contributed by atoms with van der Waals surface area (Å²) in [5.41, 5.74) is 2.81. The Morgan fingerprint density at radius 3 is 2.81 bits per heavy atom. The van der Waals surface area contributed by atoms with Gasteiger partial charge in [-0.25, -0.2) is 4.98 Å². The van der Waals surface area contributed by atoms with Gasteiger partial charge in [0.05, 0.1) is 18.4 Å². The summed E-state index contributed by atoms with van der Waals surface area (Å²) >= 11 is 3.06. The van der Waals surface area contributed by atoms with Gasteiger partial charge in [0.15, 0.2) is 0 Å². The molecule has 0 N–H and O–H groups in total. The van der Waals surface area contributed by atoms with Crippen LogP contribution in [0.3, 0.4) is 0 Å². The fourth-order valence-corrected chi connectivity index (χ4v) is 3.94. The summed E-state index contributed by atoms with van der Waals surface area (Å²) in [6, 6.07) is 11.5. The maximum atomic E-state index is 5.69. The molecule has 4 aromatic rings. The van der Waals surface area contributed by atoms with Gasteiger partial charge >= 0.3 is 0 Å². The second-order valence-electron chi connectivity index (χ2n) is 5.24. The first kappa shape index (κ1) is 16.7. The molecule has 0 unspecified atom stereocenters. The van der Waals surface area contributed by atoms with Gasteiger partial charge in [0.25, 0.3) is 5.22 Å². The first-order valence-electron chi connectivity index (χ1n) is 7.78. The maximum Gasteiger partial charge on any atom is 0.277 e. The predicted octanol–water partition coefficient (Wildman–Crippen LogP) is 4.56. The number of thioether (sulfide) groups is 1.